The molecule has 1 atom stereocenters. The molecule has 1 aliphatic carbocycles. The van der Waals surface area contributed by atoms with Crippen LogP contribution in [0.1, 0.15) is 43.5 Å². The lowest BCUT2D eigenvalue weighted by Crippen LogP contribution is -2.47. The zero-order valence-electron chi connectivity index (χ0n) is 11.9. The molecule has 1 aromatic heterocycles. The molecule has 0 spiro atoms. The average Bonchev–Trinajstić information content (AvgIpc) is 3.24. The van der Waals surface area contributed by atoms with Crippen molar-refractivity contribution in [3.63, 3.8) is 0 Å². The van der Waals surface area contributed by atoms with Crippen LogP contribution >= 0.6 is 0 Å². The van der Waals surface area contributed by atoms with Gasteiger partial charge in [0.1, 0.15) is 0 Å². The van der Waals surface area contributed by atoms with E-state index in [1.165, 1.54) is 32.1 Å². The maximum Gasteiger partial charge on any atom is 0.245 e. The summed E-state index contributed by atoms with van der Waals surface area (Å²) < 4.78 is 0. The minimum absolute atomic E-state index is 0.526. The highest BCUT2D eigenvalue weighted by atomic mass is 15.3. The summed E-state index contributed by atoms with van der Waals surface area (Å²) in [6.45, 7) is 6.08. The van der Waals surface area contributed by atoms with Gasteiger partial charge in [0.25, 0.3) is 0 Å². The molecule has 1 saturated carbocycles. The van der Waals surface area contributed by atoms with Gasteiger partial charge in [-0.1, -0.05) is 0 Å². The number of aryl methyl sites for hydroxylation is 2. The molecule has 0 amide bonds. The summed E-state index contributed by atoms with van der Waals surface area (Å²) >= 11 is 0. The van der Waals surface area contributed by atoms with E-state index in [0.717, 1.165) is 36.5 Å². The zero-order valence-corrected chi connectivity index (χ0v) is 11.9. The number of hydrogen-bond donors (Lipinski definition) is 1. The van der Waals surface area contributed by atoms with E-state index in [9.17, 15) is 0 Å². The second-order valence-electron chi connectivity index (χ2n) is 5.81. The monoisotopic (exact) mass is 261 g/mol. The van der Waals surface area contributed by atoms with Crippen LogP contribution in [0.15, 0.2) is 0 Å². The van der Waals surface area contributed by atoms with Gasteiger partial charge in [-0.3, -0.25) is 0 Å². The minimum atomic E-state index is 0.526. The highest BCUT2D eigenvalue weighted by Gasteiger charge is 2.28. The van der Waals surface area contributed by atoms with Crippen molar-refractivity contribution in [3.8, 4) is 0 Å². The number of piperidine rings is 1. The number of nitrogens with zero attached hydrogens (tertiary/aromatic N) is 4. The van der Waals surface area contributed by atoms with Crippen LogP contribution in [0.5, 0.6) is 0 Å². The van der Waals surface area contributed by atoms with Gasteiger partial charge in [0.15, 0.2) is 0 Å². The molecule has 0 radical (unpaired) electrons. The van der Waals surface area contributed by atoms with E-state index >= 15 is 0 Å². The molecule has 1 aliphatic heterocycles. The predicted octanol–water partition coefficient (Wildman–Crippen LogP) is 1.60. The number of anilines is 1. The number of aromatic nitrogens is 3. The van der Waals surface area contributed by atoms with Crippen LogP contribution in [0, 0.1) is 13.8 Å². The van der Waals surface area contributed by atoms with Crippen molar-refractivity contribution in [2.75, 3.05) is 18.0 Å². The number of hydrogen-bond acceptors (Lipinski definition) is 5. The Hall–Kier alpha value is -1.23. The Balaban J connectivity index is 1.72. The van der Waals surface area contributed by atoms with Crippen LogP contribution in [-0.2, 0) is 0 Å². The molecule has 2 fully saturated rings. The summed E-state index contributed by atoms with van der Waals surface area (Å²) in [5.74, 6) is 0.811. The highest BCUT2D eigenvalue weighted by molar-refractivity contribution is 5.32. The Labute approximate surface area is 114 Å². The van der Waals surface area contributed by atoms with E-state index in [1.54, 1.807) is 0 Å². The number of nitrogens with one attached hydrogen (secondary N) is 1. The van der Waals surface area contributed by atoms with Crippen molar-refractivity contribution in [3.05, 3.63) is 11.4 Å². The van der Waals surface area contributed by atoms with Gasteiger partial charge in [-0.05, 0) is 46.0 Å². The molecule has 104 valence electrons. The summed E-state index contributed by atoms with van der Waals surface area (Å²) in [5.41, 5.74) is 1.91. The predicted molar refractivity (Wildman–Crippen MR) is 75.3 cm³/mol. The van der Waals surface area contributed by atoms with E-state index in [1.807, 2.05) is 13.8 Å². The van der Waals surface area contributed by atoms with E-state index in [2.05, 4.69) is 25.4 Å². The molecule has 1 unspecified atom stereocenters. The Kier molecular flexibility index (Phi) is 3.64. The van der Waals surface area contributed by atoms with Crippen LogP contribution in [0.2, 0.25) is 0 Å². The maximum absolute atomic E-state index is 4.61. The van der Waals surface area contributed by atoms with E-state index in [-0.39, 0.29) is 0 Å². The van der Waals surface area contributed by atoms with E-state index in [4.69, 9.17) is 0 Å². The average molecular weight is 261 g/mol. The fourth-order valence-electron chi connectivity index (χ4n) is 2.63. The molecule has 19 heavy (non-hydrogen) atoms. The van der Waals surface area contributed by atoms with E-state index < -0.39 is 0 Å². The summed E-state index contributed by atoms with van der Waals surface area (Å²) in [6.07, 6.45) is 6.46. The summed E-state index contributed by atoms with van der Waals surface area (Å²) in [7, 11) is 0. The van der Waals surface area contributed by atoms with Crippen LogP contribution < -0.4 is 10.2 Å². The topological polar surface area (TPSA) is 53.9 Å². The third kappa shape index (κ3) is 3.03. The second-order valence-corrected chi connectivity index (χ2v) is 5.81. The molecular weight excluding hydrogens is 238 g/mol. The first-order valence-corrected chi connectivity index (χ1v) is 7.42. The van der Waals surface area contributed by atoms with Gasteiger partial charge in [-0.25, -0.2) is 4.98 Å². The molecule has 2 heterocycles. The Morgan fingerprint density at radius 2 is 1.95 bits per heavy atom. The van der Waals surface area contributed by atoms with Gasteiger partial charge in [-0.2, -0.15) is 5.10 Å². The largest absolute Gasteiger partial charge is 0.335 e. The van der Waals surface area contributed by atoms with Crippen molar-refractivity contribution < 1.29 is 0 Å². The lowest BCUT2D eigenvalue weighted by molar-refractivity contribution is 0.427. The van der Waals surface area contributed by atoms with Crippen LogP contribution in [0.4, 0.5) is 5.95 Å². The molecule has 1 N–H and O–H groups in total. The van der Waals surface area contributed by atoms with Crippen LogP contribution in [0.3, 0.4) is 0 Å². The van der Waals surface area contributed by atoms with Crippen molar-refractivity contribution in [2.45, 2.75) is 58.0 Å². The van der Waals surface area contributed by atoms with Crippen molar-refractivity contribution in [1.29, 1.82) is 0 Å². The summed E-state index contributed by atoms with van der Waals surface area (Å²) in [5, 5.41) is 12.1. The van der Waals surface area contributed by atoms with Crippen molar-refractivity contribution in [2.24, 2.45) is 0 Å². The first-order chi connectivity index (χ1) is 9.24. The second kappa shape index (κ2) is 5.41. The smallest absolute Gasteiger partial charge is 0.245 e. The SMILES string of the molecule is Cc1nnc(N2CCCCC2CNC2CC2)nc1C. The lowest BCUT2D eigenvalue weighted by Gasteiger charge is -2.35. The van der Waals surface area contributed by atoms with Gasteiger partial charge in [0, 0.05) is 25.2 Å². The van der Waals surface area contributed by atoms with Crippen molar-refractivity contribution in [1.82, 2.24) is 20.5 Å². The van der Waals surface area contributed by atoms with Gasteiger partial charge in [-0.15, -0.1) is 5.10 Å². The highest BCUT2D eigenvalue weighted by Crippen LogP contribution is 2.23. The van der Waals surface area contributed by atoms with Crippen molar-refractivity contribution >= 4 is 5.95 Å². The van der Waals surface area contributed by atoms with Crippen LogP contribution in [0.25, 0.3) is 0 Å². The Bertz CT molecular complexity index is 443. The Morgan fingerprint density at radius 3 is 2.68 bits per heavy atom. The van der Waals surface area contributed by atoms with Gasteiger partial charge in [0.2, 0.25) is 5.95 Å². The van der Waals surface area contributed by atoms with E-state index in [0.29, 0.717) is 6.04 Å². The molecule has 5 heteroatoms. The standard InChI is InChI=1S/C14H23N5/c1-10-11(2)17-18-14(16-10)19-8-4-3-5-13(19)9-15-12-6-7-12/h12-13,15H,3-9H2,1-2H3. The Morgan fingerprint density at radius 1 is 1.11 bits per heavy atom. The first-order valence-electron chi connectivity index (χ1n) is 7.42. The summed E-state index contributed by atoms with van der Waals surface area (Å²) in [4.78, 5) is 6.96. The fraction of sp³-hybridized carbons (Fsp3) is 0.786. The minimum Gasteiger partial charge on any atom is -0.335 e. The number of rotatable bonds is 4. The third-order valence-corrected chi connectivity index (χ3v) is 4.18. The first kappa shape index (κ1) is 12.8. The zero-order chi connectivity index (χ0) is 13.2. The van der Waals surface area contributed by atoms with Gasteiger partial charge in [0.05, 0.1) is 11.4 Å². The van der Waals surface area contributed by atoms with Gasteiger partial charge < -0.3 is 10.2 Å². The molecule has 1 saturated heterocycles. The molecule has 1 aromatic rings. The molecular formula is C14H23N5. The third-order valence-electron chi connectivity index (χ3n) is 4.18. The molecule has 3 rings (SSSR count). The molecule has 2 aliphatic rings. The van der Waals surface area contributed by atoms with Gasteiger partial charge >= 0.3 is 0 Å². The molecule has 5 nitrogen and oxygen atoms in total. The summed E-state index contributed by atoms with van der Waals surface area (Å²) in [6, 6.07) is 1.29. The quantitative estimate of drug-likeness (QED) is 0.892. The molecule has 0 bridgehead atoms. The molecule has 0 aromatic carbocycles. The lowest BCUT2D eigenvalue weighted by atomic mass is 10.0. The van der Waals surface area contributed by atoms with Crippen LogP contribution in [-0.4, -0.2) is 40.4 Å². The normalized spacial score (nSPS) is 23.7. The maximum atomic E-state index is 4.61. The fourth-order valence-corrected chi connectivity index (χ4v) is 2.63.